The summed E-state index contributed by atoms with van der Waals surface area (Å²) in [5.41, 5.74) is 0.562. The molecule has 1 aromatic carbocycles. The summed E-state index contributed by atoms with van der Waals surface area (Å²) in [5.74, 6) is -0.480. The molecule has 0 aliphatic heterocycles. The molecule has 0 saturated carbocycles. The van der Waals surface area contributed by atoms with Gasteiger partial charge < -0.3 is 9.67 Å². The Kier molecular flexibility index (Phi) is 3.72. The predicted molar refractivity (Wildman–Crippen MR) is 63.7 cm³/mol. The van der Waals surface area contributed by atoms with Gasteiger partial charge in [0.2, 0.25) is 0 Å². The van der Waals surface area contributed by atoms with Gasteiger partial charge in [-0.1, -0.05) is 18.2 Å². The van der Waals surface area contributed by atoms with Crippen molar-refractivity contribution in [1.29, 1.82) is 0 Å². The number of aliphatic carboxylic acids is 1. The predicted octanol–water partition coefficient (Wildman–Crippen LogP) is 2.09. The van der Waals surface area contributed by atoms with Gasteiger partial charge in [0.25, 0.3) is 0 Å². The number of hydrogen-bond acceptors (Lipinski definition) is 2. The number of aryl methyl sites for hydroxylation is 1. The van der Waals surface area contributed by atoms with E-state index in [1.165, 1.54) is 6.07 Å². The smallest absolute Gasteiger partial charge is 0.303 e. The van der Waals surface area contributed by atoms with Crippen molar-refractivity contribution in [3.63, 3.8) is 0 Å². The monoisotopic (exact) mass is 248 g/mol. The zero-order valence-electron chi connectivity index (χ0n) is 9.71. The first-order valence-electron chi connectivity index (χ1n) is 5.62. The SMILES string of the molecule is O=C(O)CCc1nccn1Cc1ccccc1F. The third-order valence-corrected chi connectivity index (χ3v) is 2.66. The molecule has 5 heteroatoms. The number of carbonyl (C=O) groups is 1. The van der Waals surface area contributed by atoms with Crippen LogP contribution in [-0.2, 0) is 17.8 Å². The third kappa shape index (κ3) is 2.94. The van der Waals surface area contributed by atoms with Crippen molar-refractivity contribution in [2.45, 2.75) is 19.4 Å². The molecule has 94 valence electrons. The molecule has 1 heterocycles. The minimum absolute atomic E-state index is 0.0221. The Balaban J connectivity index is 2.12. The van der Waals surface area contributed by atoms with Crippen LogP contribution in [0.3, 0.4) is 0 Å². The molecule has 0 radical (unpaired) electrons. The van der Waals surface area contributed by atoms with Gasteiger partial charge in [-0.25, -0.2) is 9.37 Å². The maximum atomic E-state index is 13.5. The van der Waals surface area contributed by atoms with Gasteiger partial charge in [0.15, 0.2) is 0 Å². The zero-order valence-corrected chi connectivity index (χ0v) is 9.71. The summed E-state index contributed by atoms with van der Waals surface area (Å²) < 4.78 is 15.3. The highest BCUT2D eigenvalue weighted by Gasteiger charge is 2.08. The summed E-state index contributed by atoms with van der Waals surface area (Å²) in [4.78, 5) is 14.6. The second-order valence-electron chi connectivity index (χ2n) is 3.96. The van der Waals surface area contributed by atoms with Crippen LogP contribution in [-0.4, -0.2) is 20.6 Å². The molecule has 1 aromatic heterocycles. The van der Waals surface area contributed by atoms with Gasteiger partial charge in [-0.05, 0) is 6.07 Å². The van der Waals surface area contributed by atoms with Gasteiger partial charge >= 0.3 is 5.97 Å². The number of imidazole rings is 1. The molecular weight excluding hydrogens is 235 g/mol. The lowest BCUT2D eigenvalue weighted by atomic mass is 10.2. The number of carboxylic acid groups (broad SMARTS) is 1. The van der Waals surface area contributed by atoms with E-state index in [0.29, 0.717) is 24.4 Å². The number of benzene rings is 1. The second-order valence-corrected chi connectivity index (χ2v) is 3.96. The molecule has 0 saturated heterocycles. The Bertz CT molecular complexity index is 551. The zero-order chi connectivity index (χ0) is 13.0. The fraction of sp³-hybridized carbons (Fsp3) is 0.231. The normalized spacial score (nSPS) is 10.5. The Morgan fingerprint density at radius 2 is 2.17 bits per heavy atom. The van der Waals surface area contributed by atoms with Crippen LogP contribution in [0.1, 0.15) is 17.8 Å². The Labute approximate surface area is 104 Å². The minimum atomic E-state index is -0.865. The van der Waals surface area contributed by atoms with Gasteiger partial charge in [0.05, 0.1) is 13.0 Å². The van der Waals surface area contributed by atoms with E-state index in [2.05, 4.69) is 4.98 Å². The van der Waals surface area contributed by atoms with Crippen LogP contribution in [0.25, 0.3) is 0 Å². The number of hydrogen-bond donors (Lipinski definition) is 1. The van der Waals surface area contributed by atoms with E-state index < -0.39 is 5.97 Å². The summed E-state index contributed by atoms with van der Waals surface area (Å²) in [6.07, 6.45) is 3.69. The second kappa shape index (κ2) is 5.44. The largest absolute Gasteiger partial charge is 0.481 e. The first kappa shape index (κ1) is 12.3. The summed E-state index contributed by atoms with van der Waals surface area (Å²) in [7, 11) is 0. The molecule has 2 rings (SSSR count). The quantitative estimate of drug-likeness (QED) is 0.881. The number of halogens is 1. The molecule has 4 nitrogen and oxygen atoms in total. The Morgan fingerprint density at radius 3 is 2.89 bits per heavy atom. The van der Waals surface area contributed by atoms with Crippen LogP contribution in [0.15, 0.2) is 36.7 Å². The highest BCUT2D eigenvalue weighted by atomic mass is 19.1. The fourth-order valence-corrected chi connectivity index (χ4v) is 1.74. The standard InChI is InChI=1S/C13H13FN2O2/c14-11-4-2-1-3-10(11)9-16-8-7-15-12(16)5-6-13(17)18/h1-4,7-8H,5-6,9H2,(H,17,18). The van der Waals surface area contributed by atoms with E-state index in [9.17, 15) is 9.18 Å². The molecule has 0 spiro atoms. The molecule has 1 N–H and O–H groups in total. The third-order valence-electron chi connectivity index (χ3n) is 2.66. The molecule has 18 heavy (non-hydrogen) atoms. The number of carboxylic acids is 1. The average Bonchev–Trinajstić information content (AvgIpc) is 2.77. The molecule has 0 unspecified atom stereocenters. The number of aromatic nitrogens is 2. The van der Waals surface area contributed by atoms with E-state index in [0.717, 1.165) is 0 Å². The van der Waals surface area contributed by atoms with Crippen LogP contribution in [0.4, 0.5) is 4.39 Å². The minimum Gasteiger partial charge on any atom is -0.481 e. The molecular formula is C13H13FN2O2. The van der Waals surface area contributed by atoms with Gasteiger partial charge in [-0.15, -0.1) is 0 Å². The highest BCUT2D eigenvalue weighted by molar-refractivity contribution is 5.66. The van der Waals surface area contributed by atoms with E-state index >= 15 is 0 Å². The maximum absolute atomic E-state index is 13.5. The number of rotatable bonds is 5. The van der Waals surface area contributed by atoms with Crippen LogP contribution in [0.5, 0.6) is 0 Å². The summed E-state index contributed by atoms with van der Waals surface area (Å²) in [6, 6.07) is 6.52. The molecule has 0 bridgehead atoms. The van der Waals surface area contributed by atoms with Crippen molar-refractivity contribution in [1.82, 2.24) is 9.55 Å². The molecule has 2 aromatic rings. The molecule has 0 fully saturated rings. The van der Waals surface area contributed by atoms with Gasteiger partial charge in [-0.2, -0.15) is 0 Å². The van der Waals surface area contributed by atoms with E-state index in [4.69, 9.17) is 5.11 Å². The Morgan fingerprint density at radius 1 is 1.39 bits per heavy atom. The van der Waals surface area contributed by atoms with Crippen molar-refractivity contribution in [3.05, 3.63) is 53.9 Å². The topological polar surface area (TPSA) is 55.1 Å². The molecule has 0 atom stereocenters. The van der Waals surface area contributed by atoms with Crippen LogP contribution in [0.2, 0.25) is 0 Å². The number of nitrogens with zero attached hydrogens (tertiary/aromatic N) is 2. The molecule has 0 aliphatic carbocycles. The van der Waals surface area contributed by atoms with Crippen LogP contribution < -0.4 is 0 Å². The fourth-order valence-electron chi connectivity index (χ4n) is 1.74. The van der Waals surface area contributed by atoms with Gasteiger partial charge in [0.1, 0.15) is 11.6 Å². The van der Waals surface area contributed by atoms with E-state index in [-0.39, 0.29) is 12.2 Å². The van der Waals surface area contributed by atoms with Crippen molar-refractivity contribution in [2.24, 2.45) is 0 Å². The Hall–Kier alpha value is -2.17. The van der Waals surface area contributed by atoms with Gasteiger partial charge in [0, 0.05) is 24.4 Å². The summed E-state index contributed by atoms with van der Waals surface area (Å²) in [6.45, 7) is 0.363. The summed E-state index contributed by atoms with van der Waals surface area (Å²) >= 11 is 0. The lowest BCUT2D eigenvalue weighted by Crippen LogP contribution is -2.08. The van der Waals surface area contributed by atoms with Crippen LogP contribution >= 0.6 is 0 Å². The van der Waals surface area contributed by atoms with Gasteiger partial charge in [-0.3, -0.25) is 4.79 Å². The molecule has 0 aliphatic rings. The average molecular weight is 248 g/mol. The van der Waals surface area contributed by atoms with Crippen molar-refractivity contribution in [2.75, 3.05) is 0 Å². The lowest BCUT2D eigenvalue weighted by molar-refractivity contribution is -0.137. The first-order chi connectivity index (χ1) is 8.66. The first-order valence-corrected chi connectivity index (χ1v) is 5.62. The molecule has 0 amide bonds. The summed E-state index contributed by atoms with van der Waals surface area (Å²) in [5, 5.41) is 8.64. The van der Waals surface area contributed by atoms with Crippen molar-refractivity contribution in [3.8, 4) is 0 Å². The van der Waals surface area contributed by atoms with E-state index in [1.807, 2.05) is 0 Å². The maximum Gasteiger partial charge on any atom is 0.303 e. The highest BCUT2D eigenvalue weighted by Crippen LogP contribution is 2.11. The van der Waals surface area contributed by atoms with Crippen LogP contribution in [0, 0.1) is 5.82 Å². The van der Waals surface area contributed by atoms with Crippen molar-refractivity contribution >= 4 is 5.97 Å². The lowest BCUT2D eigenvalue weighted by Gasteiger charge is -2.08. The van der Waals surface area contributed by atoms with Crippen molar-refractivity contribution < 1.29 is 14.3 Å². The van der Waals surface area contributed by atoms with E-state index in [1.54, 1.807) is 35.2 Å².